The standard InChI is InChI=1S/C10H18N2S/c1-7(2)9-6-13-10(12-9)5-4-8(3)11/h6-8H,4-5,11H2,1-3H3. The van der Waals surface area contributed by atoms with Crippen molar-refractivity contribution in [1.82, 2.24) is 4.98 Å². The Morgan fingerprint density at radius 1 is 1.46 bits per heavy atom. The van der Waals surface area contributed by atoms with E-state index >= 15 is 0 Å². The Morgan fingerprint density at radius 2 is 2.15 bits per heavy atom. The van der Waals surface area contributed by atoms with Crippen LogP contribution in [0.15, 0.2) is 5.38 Å². The maximum absolute atomic E-state index is 5.68. The van der Waals surface area contributed by atoms with Crippen molar-refractivity contribution in [2.75, 3.05) is 0 Å². The lowest BCUT2D eigenvalue weighted by Crippen LogP contribution is -2.15. The van der Waals surface area contributed by atoms with Crippen LogP contribution >= 0.6 is 11.3 Å². The molecule has 1 unspecified atom stereocenters. The SMILES string of the molecule is CC(N)CCc1nc(C(C)C)cs1. The summed E-state index contributed by atoms with van der Waals surface area (Å²) in [6.07, 6.45) is 2.06. The van der Waals surface area contributed by atoms with E-state index in [1.54, 1.807) is 11.3 Å². The number of thiazole rings is 1. The van der Waals surface area contributed by atoms with Crippen molar-refractivity contribution in [2.45, 2.75) is 45.6 Å². The van der Waals surface area contributed by atoms with Crippen LogP contribution in [0.5, 0.6) is 0 Å². The number of hydrogen-bond donors (Lipinski definition) is 1. The van der Waals surface area contributed by atoms with E-state index in [0.29, 0.717) is 5.92 Å². The largest absolute Gasteiger partial charge is 0.328 e. The molecule has 0 saturated carbocycles. The van der Waals surface area contributed by atoms with E-state index in [0.717, 1.165) is 12.8 Å². The molecule has 1 aromatic rings. The van der Waals surface area contributed by atoms with Gasteiger partial charge in [0.15, 0.2) is 0 Å². The highest BCUT2D eigenvalue weighted by Crippen LogP contribution is 2.18. The Kier molecular flexibility index (Phi) is 3.88. The molecule has 3 heteroatoms. The second kappa shape index (κ2) is 4.72. The Morgan fingerprint density at radius 3 is 2.62 bits per heavy atom. The Bertz CT molecular complexity index is 253. The zero-order chi connectivity index (χ0) is 9.84. The highest BCUT2D eigenvalue weighted by molar-refractivity contribution is 7.09. The first-order valence-corrected chi connectivity index (χ1v) is 5.67. The van der Waals surface area contributed by atoms with Crippen LogP contribution in [-0.2, 0) is 6.42 Å². The van der Waals surface area contributed by atoms with Crippen LogP contribution in [0, 0.1) is 0 Å². The number of nitrogens with zero attached hydrogens (tertiary/aromatic N) is 1. The van der Waals surface area contributed by atoms with Gasteiger partial charge in [-0.15, -0.1) is 11.3 Å². The Labute approximate surface area is 84.2 Å². The number of rotatable bonds is 4. The van der Waals surface area contributed by atoms with Crippen LogP contribution < -0.4 is 5.73 Å². The lowest BCUT2D eigenvalue weighted by atomic mass is 10.1. The van der Waals surface area contributed by atoms with Gasteiger partial charge in [-0.3, -0.25) is 0 Å². The molecule has 0 saturated heterocycles. The summed E-state index contributed by atoms with van der Waals surface area (Å²) in [6, 6.07) is 0.284. The third kappa shape index (κ3) is 3.44. The van der Waals surface area contributed by atoms with Crippen molar-refractivity contribution in [3.63, 3.8) is 0 Å². The molecule has 1 aromatic heterocycles. The van der Waals surface area contributed by atoms with Gasteiger partial charge >= 0.3 is 0 Å². The molecule has 0 spiro atoms. The van der Waals surface area contributed by atoms with E-state index in [9.17, 15) is 0 Å². The van der Waals surface area contributed by atoms with E-state index in [2.05, 4.69) is 24.2 Å². The number of hydrogen-bond acceptors (Lipinski definition) is 3. The van der Waals surface area contributed by atoms with Crippen LogP contribution in [0.2, 0.25) is 0 Å². The zero-order valence-electron chi connectivity index (χ0n) is 8.58. The number of aryl methyl sites for hydroxylation is 1. The summed E-state index contributed by atoms with van der Waals surface area (Å²) >= 11 is 1.75. The van der Waals surface area contributed by atoms with Gasteiger partial charge < -0.3 is 5.73 Å². The molecule has 0 aromatic carbocycles. The van der Waals surface area contributed by atoms with E-state index < -0.39 is 0 Å². The molecular formula is C10H18N2S. The Balaban J connectivity index is 2.49. The summed E-state index contributed by atoms with van der Waals surface area (Å²) in [5.74, 6) is 0.542. The maximum atomic E-state index is 5.68. The number of aromatic nitrogens is 1. The summed E-state index contributed by atoms with van der Waals surface area (Å²) in [7, 11) is 0. The van der Waals surface area contributed by atoms with Crippen molar-refractivity contribution < 1.29 is 0 Å². The lowest BCUT2D eigenvalue weighted by Gasteiger charge is -2.01. The van der Waals surface area contributed by atoms with E-state index in [4.69, 9.17) is 5.73 Å². The van der Waals surface area contributed by atoms with Crippen LogP contribution in [0.4, 0.5) is 0 Å². The molecule has 0 aliphatic carbocycles. The fourth-order valence-corrected chi connectivity index (χ4v) is 2.03. The highest BCUT2D eigenvalue weighted by atomic mass is 32.1. The minimum absolute atomic E-state index is 0.284. The molecule has 2 N–H and O–H groups in total. The second-order valence-corrected chi connectivity index (χ2v) is 4.78. The summed E-state index contributed by atoms with van der Waals surface area (Å²) in [6.45, 7) is 6.38. The molecule has 74 valence electrons. The van der Waals surface area contributed by atoms with Crippen LogP contribution in [0.1, 0.15) is 43.8 Å². The predicted molar refractivity (Wildman–Crippen MR) is 58.2 cm³/mol. The quantitative estimate of drug-likeness (QED) is 0.807. The molecule has 1 rings (SSSR count). The molecule has 0 amide bonds. The first-order valence-electron chi connectivity index (χ1n) is 4.79. The maximum Gasteiger partial charge on any atom is 0.0928 e. The normalized spacial score (nSPS) is 13.6. The molecule has 0 aliphatic rings. The van der Waals surface area contributed by atoms with E-state index in [-0.39, 0.29) is 6.04 Å². The van der Waals surface area contributed by atoms with Crippen LogP contribution in [0.3, 0.4) is 0 Å². The van der Waals surface area contributed by atoms with Gasteiger partial charge in [0.05, 0.1) is 10.7 Å². The van der Waals surface area contributed by atoms with Gasteiger partial charge in [-0.05, 0) is 19.3 Å². The van der Waals surface area contributed by atoms with Crippen molar-refractivity contribution in [3.8, 4) is 0 Å². The molecule has 0 aliphatic heterocycles. The van der Waals surface area contributed by atoms with Gasteiger partial charge in [-0.2, -0.15) is 0 Å². The van der Waals surface area contributed by atoms with Gasteiger partial charge in [-0.25, -0.2) is 4.98 Å². The average molecular weight is 198 g/mol. The van der Waals surface area contributed by atoms with E-state index in [1.165, 1.54) is 10.7 Å². The van der Waals surface area contributed by atoms with Gasteiger partial charge in [0, 0.05) is 17.8 Å². The fourth-order valence-electron chi connectivity index (χ4n) is 1.06. The van der Waals surface area contributed by atoms with Crippen molar-refractivity contribution in [2.24, 2.45) is 5.73 Å². The van der Waals surface area contributed by atoms with E-state index in [1.807, 2.05) is 6.92 Å². The van der Waals surface area contributed by atoms with Gasteiger partial charge in [0.2, 0.25) is 0 Å². The van der Waals surface area contributed by atoms with Gasteiger partial charge in [0.25, 0.3) is 0 Å². The third-order valence-corrected chi connectivity index (χ3v) is 2.90. The predicted octanol–water partition coefficient (Wildman–Crippen LogP) is 2.55. The van der Waals surface area contributed by atoms with Gasteiger partial charge in [0.1, 0.15) is 0 Å². The van der Waals surface area contributed by atoms with Crippen LogP contribution in [-0.4, -0.2) is 11.0 Å². The smallest absolute Gasteiger partial charge is 0.0928 e. The van der Waals surface area contributed by atoms with Crippen molar-refractivity contribution in [1.29, 1.82) is 0 Å². The molecular weight excluding hydrogens is 180 g/mol. The third-order valence-electron chi connectivity index (χ3n) is 1.97. The summed E-state index contributed by atoms with van der Waals surface area (Å²) in [5, 5.41) is 3.38. The van der Waals surface area contributed by atoms with Crippen molar-refractivity contribution in [3.05, 3.63) is 16.1 Å². The average Bonchev–Trinajstić information content (AvgIpc) is 2.48. The minimum atomic E-state index is 0.284. The van der Waals surface area contributed by atoms with Crippen LogP contribution in [0.25, 0.3) is 0 Å². The monoisotopic (exact) mass is 198 g/mol. The van der Waals surface area contributed by atoms with Gasteiger partial charge in [-0.1, -0.05) is 13.8 Å². The molecule has 2 nitrogen and oxygen atoms in total. The summed E-state index contributed by atoms with van der Waals surface area (Å²) < 4.78 is 0. The molecule has 0 radical (unpaired) electrons. The lowest BCUT2D eigenvalue weighted by molar-refractivity contribution is 0.662. The number of nitrogens with two attached hydrogens (primary N) is 1. The summed E-state index contributed by atoms with van der Waals surface area (Å²) in [4.78, 5) is 4.54. The first kappa shape index (κ1) is 10.7. The molecule has 0 fully saturated rings. The second-order valence-electron chi connectivity index (χ2n) is 3.84. The first-order chi connectivity index (χ1) is 6.09. The Hall–Kier alpha value is -0.410. The molecule has 0 bridgehead atoms. The minimum Gasteiger partial charge on any atom is -0.328 e. The summed E-state index contributed by atoms with van der Waals surface area (Å²) in [5.41, 5.74) is 6.90. The fraction of sp³-hybridized carbons (Fsp3) is 0.700. The molecule has 1 atom stereocenters. The topological polar surface area (TPSA) is 38.9 Å². The van der Waals surface area contributed by atoms with Crippen molar-refractivity contribution >= 4 is 11.3 Å². The molecule has 13 heavy (non-hydrogen) atoms. The molecule has 1 heterocycles. The highest BCUT2D eigenvalue weighted by Gasteiger charge is 2.05. The zero-order valence-corrected chi connectivity index (χ0v) is 9.40.